The first-order valence-corrected chi connectivity index (χ1v) is 6.71. The Morgan fingerprint density at radius 2 is 1.17 bits per heavy atom. The highest BCUT2D eigenvalue weighted by atomic mass is 19.2. The third kappa shape index (κ3) is 3.12. The van der Waals surface area contributed by atoms with Gasteiger partial charge in [0, 0.05) is 0 Å². The van der Waals surface area contributed by atoms with E-state index in [1.807, 2.05) is 39.8 Å². The highest BCUT2D eigenvalue weighted by molar-refractivity contribution is 6.61. The van der Waals surface area contributed by atoms with E-state index in [0.717, 1.165) is 16.7 Å². The van der Waals surface area contributed by atoms with Crippen LogP contribution in [0.1, 0.15) is 76.0 Å². The molecular weight excluding hydrogens is 229 g/mol. The lowest BCUT2D eigenvalue weighted by Gasteiger charge is -2.21. The minimum Gasteiger partial charge on any atom is -0.281 e. The summed E-state index contributed by atoms with van der Waals surface area (Å²) in [6.45, 7) is 12.1. The average molecular weight is 252 g/mol. The molecule has 0 aliphatic rings. The zero-order valence-corrected chi connectivity index (χ0v) is 12.2. The second-order valence-electron chi connectivity index (χ2n) is 5.88. The van der Waals surface area contributed by atoms with E-state index in [2.05, 4.69) is 13.8 Å². The van der Waals surface area contributed by atoms with Gasteiger partial charge in [0.1, 0.15) is 0 Å². The van der Waals surface area contributed by atoms with Crippen molar-refractivity contribution in [3.8, 4) is 0 Å². The van der Waals surface area contributed by atoms with Crippen molar-refractivity contribution < 1.29 is 8.63 Å². The molecule has 0 saturated heterocycles. The van der Waals surface area contributed by atoms with Gasteiger partial charge in [-0.3, -0.25) is 8.63 Å². The van der Waals surface area contributed by atoms with E-state index < -0.39 is 7.27 Å². The Balaban J connectivity index is 3.55. The first-order valence-electron chi connectivity index (χ1n) is 6.71. The van der Waals surface area contributed by atoms with E-state index in [1.54, 1.807) is 0 Å². The summed E-state index contributed by atoms with van der Waals surface area (Å²) in [6, 6.07) is 3.92. The van der Waals surface area contributed by atoms with Crippen molar-refractivity contribution in [2.75, 3.05) is 0 Å². The molecule has 0 bridgehead atoms. The molecule has 1 aromatic carbocycles. The summed E-state index contributed by atoms with van der Waals surface area (Å²) < 4.78 is 26.7. The van der Waals surface area contributed by atoms with Crippen LogP contribution in [0.15, 0.2) is 12.1 Å². The van der Waals surface area contributed by atoms with E-state index in [1.165, 1.54) is 0 Å². The Labute approximate surface area is 110 Å². The largest absolute Gasteiger partial charge is 0.572 e. The SMILES string of the molecule is CC(C)c1cc(C(C)C)c(B(F)F)c(C(C)C)c1. The minimum atomic E-state index is -2.39. The zero-order valence-electron chi connectivity index (χ0n) is 12.2. The van der Waals surface area contributed by atoms with E-state index in [0.29, 0.717) is 5.92 Å². The standard InChI is InChI=1S/C15H23BF2/c1-9(2)12-7-13(10(3)4)15(16(17)18)14(8-12)11(5)6/h7-11H,1-6H3. The maximum Gasteiger partial charge on any atom is 0.572 e. The summed E-state index contributed by atoms with van der Waals surface area (Å²) in [7, 11) is -2.39. The Morgan fingerprint density at radius 1 is 0.778 bits per heavy atom. The van der Waals surface area contributed by atoms with Crippen molar-refractivity contribution in [1.82, 2.24) is 0 Å². The average Bonchev–Trinajstić information content (AvgIpc) is 2.26. The predicted octanol–water partition coefficient (Wildman–Crippen LogP) is 4.69. The van der Waals surface area contributed by atoms with Crippen LogP contribution in [-0.4, -0.2) is 7.27 Å². The fraction of sp³-hybridized carbons (Fsp3) is 0.600. The van der Waals surface area contributed by atoms with Crippen molar-refractivity contribution >= 4 is 12.7 Å². The topological polar surface area (TPSA) is 0 Å². The second kappa shape index (κ2) is 5.86. The highest BCUT2D eigenvalue weighted by Gasteiger charge is 2.27. The van der Waals surface area contributed by atoms with Gasteiger partial charge in [-0.05, 0) is 39.9 Å². The molecule has 0 amide bonds. The van der Waals surface area contributed by atoms with Crippen molar-refractivity contribution in [3.63, 3.8) is 0 Å². The van der Waals surface area contributed by atoms with Gasteiger partial charge in [-0.2, -0.15) is 0 Å². The molecule has 1 aromatic rings. The predicted molar refractivity (Wildman–Crippen MR) is 76.3 cm³/mol. The van der Waals surface area contributed by atoms with Gasteiger partial charge in [0.15, 0.2) is 0 Å². The lowest BCUT2D eigenvalue weighted by Crippen LogP contribution is -2.31. The maximum atomic E-state index is 13.3. The summed E-state index contributed by atoms with van der Waals surface area (Å²) >= 11 is 0. The fourth-order valence-corrected chi connectivity index (χ4v) is 2.26. The molecule has 0 aromatic heterocycles. The summed E-state index contributed by atoms with van der Waals surface area (Å²) in [5, 5.41) is 0. The number of benzene rings is 1. The molecule has 0 spiro atoms. The Hall–Kier alpha value is -0.855. The van der Waals surface area contributed by atoms with Crippen LogP contribution in [0.4, 0.5) is 8.63 Å². The normalized spacial score (nSPS) is 11.7. The van der Waals surface area contributed by atoms with Gasteiger partial charge >= 0.3 is 7.27 Å². The van der Waals surface area contributed by atoms with Crippen LogP contribution in [0.2, 0.25) is 0 Å². The Morgan fingerprint density at radius 3 is 1.39 bits per heavy atom. The second-order valence-corrected chi connectivity index (χ2v) is 5.88. The smallest absolute Gasteiger partial charge is 0.281 e. The van der Waals surface area contributed by atoms with Crippen LogP contribution in [0.25, 0.3) is 0 Å². The van der Waals surface area contributed by atoms with Gasteiger partial charge in [-0.15, -0.1) is 0 Å². The minimum absolute atomic E-state index is 0.130. The third-order valence-corrected chi connectivity index (χ3v) is 3.40. The fourth-order valence-electron chi connectivity index (χ4n) is 2.26. The summed E-state index contributed by atoms with van der Waals surface area (Å²) in [4.78, 5) is 0. The van der Waals surface area contributed by atoms with Crippen LogP contribution in [0.3, 0.4) is 0 Å². The van der Waals surface area contributed by atoms with Gasteiger partial charge < -0.3 is 0 Å². The monoisotopic (exact) mass is 252 g/mol. The van der Waals surface area contributed by atoms with Crippen molar-refractivity contribution in [3.05, 3.63) is 28.8 Å². The molecule has 0 unspecified atom stereocenters. The molecule has 0 N–H and O–H groups in total. The lowest BCUT2D eigenvalue weighted by atomic mass is 9.71. The number of halogens is 2. The molecule has 18 heavy (non-hydrogen) atoms. The van der Waals surface area contributed by atoms with Crippen molar-refractivity contribution in [2.24, 2.45) is 0 Å². The molecule has 0 heterocycles. The van der Waals surface area contributed by atoms with Gasteiger partial charge in [-0.1, -0.05) is 53.7 Å². The molecular formula is C15H23BF2. The molecule has 0 nitrogen and oxygen atoms in total. The van der Waals surface area contributed by atoms with Gasteiger partial charge in [-0.25, -0.2) is 0 Å². The Kier molecular flexibility index (Phi) is 4.95. The van der Waals surface area contributed by atoms with Crippen molar-refractivity contribution in [2.45, 2.75) is 59.3 Å². The van der Waals surface area contributed by atoms with Crippen LogP contribution >= 0.6 is 0 Å². The molecule has 0 atom stereocenters. The molecule has 100 valence electrons. The van der Waals surface area contributed by atoms with Crippen LogP contribution in [-0.2, 0) is 0 Å². The Bertz CT molecular complexity index is 380. The highest BCUT2D eigenvalue weighted by Crippen LogP contribution is 2.26. The summed E-state index contributed by atoms with van der Waals surface area (Å²) in [5.41, 5.74) is 3.02. The molecule has 3 heteroatoms. The van der Waals surface area contributed by atoms with Crippen LogP contribution in [0.5, 0.6) is 0 Å². The molecule has 0 radical (unpaired) electrons. The summed E-state index contributed by atoms with van der Waals surface area (Å²) in [6.07, 6.45) is 0. The number of rotatable bonds is 4. The number of hydrogen-bond donors (Lipinski definition) is 0. The van der Waals surface area contributed by atoms with Gasteiger partial charge in [0.2, 0.25) is 0 Å². The van der Waals surface area contributed by atoms with Gasteiger partial charge in [0.05, 0.1) is 0 Å². The van der Waals surface area contributed by atoms with Gasteiger partial charge in [0.25, 0.3) is 0 Å². The lowest BCUT2D eigenvalue weighted by molar-refractivity contribution is 0.678. The maximum absolute atomic E-state index is 13.3. The van der Waals surface area contributed by atoms with E-state index in [-0.39, 0.29) is 17.3 Å². The van der Waals surface area contributed by atoms with E-state index in [9.17, 15) is 8.63 Å². The van der Waals surface area contributed by atoms with Crippen molar-refractivity contribution in [1.29, 1.82) is 0 Å². The molecule has 0 aliphatic carbocycles. The van der Waals surface area contributed by atoms with Crippen LogP contribution < -0.4 is 5.46 Å². The molecule has 0 fully saturated rings. The van der Waals surface area contributed by atoms with Crippen LogP contribution in [0, 0.1) is 0 Å². The number of hydrogen-bond acceptors (Lipinski definition) is 0. The molecule has 1 rings (SSSR count). The van der Waals surface area contributed by atoms with E-state index in [4.69, 9.17) is 0 Å². The van der Waals surface area contributed by atoms with E-state index >= 15 is 0 Å². The zero-order chi connectivity index (χ0) is 14.0. The first kappa shape index (κ1) is 15.2. The quantitative estimate of drug-likeness (QED) is 0.682. The molecule has 0 aliphatic heterocycles. The first-order chi connectivity index (χ1) is 8.25. The molecule has 0 saturated carbocycles. The summed E-state index contributed by atoms with van der Waals surface area (Å²) in [5.74, 6) is 0.627. The third-order valence-electron chi connectivity index (χ3n) is 3.40.